The Labute approximate surface area is 170 Å². The fourth-order valence-corrected chi connectivity index (χ4v) is 6.12. The van der Waals surface area contributed by atoms with Gasteiger partial charge in [0.1, 0.15) is 10.8 Å². The molecule has 3 aliphatic rings. The predicted molar refractivity (Wildman–Crippen MR) is 109 cm³/mol. The minimum Gasteiger partial charge on any atom is -0.336 e. The molecule has 2 aromatic heterocycles. The SMILES string of the molecule is NCc1nc2c(s1)CCN(C(=O)C1CCn3c(cnc3C3CCCCC3)C1)C2. The number of carbonyl (C=O) groups is 1. The third-order valence-corrected chi connectivity index (χ3v) is 7.88. The molecule has 0 spiro atoms. The van der Waals surface area contributed by atoms with E-state index in [4.69, 9.17) is 10.7 Å². The summed E-state index contributed by atoms with van der Waals surface area (Å²) >= 11 is 1.71. The lowest BCUT2D eigenvalue weighted by atomic mass is 9.88. The summed E-state index contributed by atoms with van der Waals surface area (Å²) in [7, 11) is 0. The first-order chi connectivity index (χ1) is 13.7. The second-order valence-corrected chi connectivity index (χ2v) is 9.64. The van der Waals surface area contributed by atoms with Gasteiger partial charge in [0, 0.05) is 61.1 Å². The van der Waals surface area contributed by atoms with Crippen molar-refractivity contribution in [3.05, 3.63) is 33.3 Å². The van der Waals surface area contributed by atoms with E-state index in [1.807, 2.05) is 11.1 Å². The van der Waals surface area contributed by atoms with Gasteiger partial charge in [-0.15, -0.1) is 11.3 Å². The van der Waals surface area contributed by atoms with Gasteiger partial charge in [0.15, 0.2) is 0 Å². The summed E-state index contributed by atoms with van der Waals surface area (Å²) in [6.45, 7) is 2.88. The molecule has 1 unspecified atom stereocenters. The smallest absolute Gasteiger partial charge is 0.226 e. The van der Waals surface area contributed by atoms with Crippen molar-refractivity contribution in [2.45, 2.75) is 76.9 Å². The molecule has 150 valence electrons. The average molecular weight is 400 g/mol. The molecule has 2 N–H and O–H groups in total. The third-order valence-electron chi connectivity index (χ3n) is 6.70. The van der Waals surface area contributed by atoms with Gasteiger partial charge in [-0.3, -0.25) is 4.79 Å². The maximum atomic E-state index is 13.2. The number of fused-ring (bicyclic) bond motifs is 2. The van der Waals surface area contributed by atoms with Crippen molar-refractivity contribution in [1.29, 1.82) is 0 Å². The molecule has 1 atom stereocenters. The highest BCUT2D eigenvalue weighted by Crippen LogP contribution is 2.35. The Hall–Kier alpha value is -1.73. The van der Waals surface area contributed by atoms with Crippen LogP contribution >= 0.6 is 11.3 Å². The number of thiazole rings is 1. The van der Waals surface area contributed by atoms with Gasteiger partial charge in [0.05, 0.1) is 12.2 Å². The van der Waals surface area contributed by atoms with Crippen LogP contribution in [0.5, 0.6) is 0 Å². The first-order valence-corrected chi connectivity index (χ1v) is 11.5. The van der Waals surface area contributed by atoms with Crippen molar-refractivity contribution >= 4 is 17.2 Å². The normalized spacial score (nSPS) is 22.8. The summed E-state index contributed by atoms with van der Waals surface area (Å²) in [6, 6.07) is 0. The fraction of sp³-hybridized carbons (Fsp3) is 0.667. The van der Waals surface area contributed by atoms with Crippen LogP contribution in [0.3, 0.4) is 0 Å². The van der Waals surface area contributed by atoms with E-state index in [2.05, 4.69) is 9.55 Å². The Morgan fingerprint density at radius 2 is 2.07 bits per heavy atom. The number of nitrogens with two attached hydrogens (primary N) is 1. The third kappa shape index (κ3) is 3.28. The van der Waals surface area contributed by atoms with Gasteiger partial charge in [-0.2, -0.15) is 0 Å². The zero-order valence-electron chi connectivity index (χ0n) is 16.4. The highest BCUT2D eigenvalue weighted by molar-refractivity contribution is 7.11. The number of carbonyl (C=O) groups excluding carboxylic acids is 1. The zero-order valence-corrected chi connectivity index (χ0v) is 17.2. The van der Waals surface area contributed by atoms with Crippen molar-refractivity contribution in [3.63, 3.8) is 0 Å². The number of nitrogens with zero attached hydrogens (tertiary/aromatic N) is 4. The van der Waals surface area contributed by atoms with Crippen molar-refractivity contribution in [3.8, 4) is 0 Å². The van der Waals surface area contributed by atoms with Gasteiger partial charge in [-0.05, 0) is 19.3 Å². The number of aromatic nitrogens is 3. The van der Waals surface area contributed by atoms with Gasteiger partial charge < -0.3 is 15.2 Å². The van der Waals surface area contributed by atoms with Gasteiger partial charge in [0.2, 0.25) is 5.91 Å². The maximum Gasteiger partial charge on any atom is 0.226 e. The molecule has 0 bridgehead atoms. The summed E-state index contributed by atoms with van der Waals surface area (Å²) in [5.74, 6) is 2.27. The van der Waals surface area contributed by atoms with Crippen LogP contribution in [0.15, 0.2) is 6.20 Å². The molecule has 1 aliphatic carbocycles. The maximum absolute atomic E-state index is 13.2. The van der Waals surface area contributed by atoms with Crippen LogP contribution in [0.2, 0.25) is 0 Å². The Morgan fingerprint density at radius 3 is 2.89 bits per heavy atom. The zero-order chi connectivity index (χ0) is 19.1. The summed E-state index contributed by atoms with van der Waals surface area (Å²) in [6.07, 6.45) is 11.3. The number of amides is 1. The van der Waals surface area contributed by atoms with E-state index in [0.717, 1.165) is 43.1 Å². The highest BCUT2D eigenvalue weighted by Gasteiger charge is 2.33. The second kappa shape index (κ2) is 7.59. The Bertz CT molecular complexity index is 866. The molecule has 0 aromatic carbocycles. The molecule has 6 nitrogen and oxygen atoms in total. The Kier molecular flexibility index (Phi) is 4.97. The molecule has 1 saturated carbocycles. The monoisotopic (exact) mass is 399 g/mol. The Morgan fingerprint density at radius 1 is 1.21 bits per heavy atom. The number of hydrogen-bond acceptors (Lipinski definition) is 5. The lowest BCUT2D eigenvalue weighted by Crippen LogP contribution is -2.42. The van der Waals surface area contributed by atoms with Crippen LogP contribution in [0.1, 0.15) is 71.5 Å². The van der Waals surface area contributed by atoms with Gasteiger partial charge in [-0.25, -0.2) is 9.97 Å². The van der Waals surface area contributed by atoms with Gasteiger partial charge in [0.25, 0.3) is 0 Å². The molecule has 4 heterocycles. The second-order valence-electron chi connectivity index (χ2n) is 8.48. The van der Waals surface area contributed by atoms with Crippen LogP contribution in [0.25, 0.3) is 0 Å². The van der Waals surface area contributed by atoms with Crippen LogP contribution in [-0.4, -0.2) is 31.9 Å². The first-order valence-electron chi connectivity index (χ1n) is 10.7. The van der Waals surface area contributed by atoms with Crippen LogP contribution in [-0.2, 0) is 37.3 Å². The van der Waals surface area contributed by atoms with Gasteiger partial charge in [-0.1, -0.05) is 19.3 Å². The molecule has 5 rings (SSSR count). The number of rotatable bonds is 3. The van der Waals surface area contributed by atoms with Crippen molar-refractivity contribution in [2.24, 2.45) is 11.7 Å². The van der Waals surface area contributed by atoms with Crippen LogP contribution in [0.4, 0.5) is 0 Å². The fourth-order valence-electron chi connectivity index (χ4n) is 5.17. The molecular weight excluding hydrogens is 370 g/mol. The number of hydrogen-bond donors (Lipinski definition) is 1. The van der Waals surface area contributed by atoms with E-state index in [1.165, 1.54) is 48.5 Å². The predicted octanol–water partition coefficient (Wildman–Crippen LogP) is 2.99. The molecule has 1 amide bonds. The quantitative estimate of drug-likeness (QED) is 0.861. The summed E-state index contributed by atoms with van der Waals surface area (Å²) < 4.78 is 2.42. The summed E-state index contributed by atoms with van der Waals surface area (Å²) in [4.78, 5) is 25.9. The van der Waals surface area contributed by atoms with E-state index < -0.39 is 0 Å². The Balaban J connectivity index is 1.27. The molecule has 0 radical (unpaired) electrons. The van der Waals surface area contributed by atoms with Crippen LogP contribution in [0, 0.1) is 5.92 Å². The van der Waals surface area contributed by atoms with E-state index in [-0.39, 0.29) is 5.92 Å². The standard InChI is InChI=1S/C21H29N5OS/c22-11-19-24-17-13-25(8-7-18(17)28-19)21(27)15-6-9-26-16(10-15)12-23-20(26)14-4-2-1-3-5-14/h12,14-15H,1-11,13,22H2. The largest absolute Gasteiger partial charge is 0.336 e. The molecular formula is C21H29N5OS. The lowest BCUT2D eigenvalue weighted by molar-refractivity contribution is -0.137. The average Bonchev–Trinajstić information content (AvgIpc) is 3.36. The molecule has 2 aliphatic heterocycles. The molecule has 28 heavy (non-hydrogen) atoms. The minimum atomic E-state index is 0.0811. The highest BCUT2D eigenvalue weighted by atomic mass is 32.1. The van der Waals surface area contributed by atoms with E-state index in [1.54, 1.807) is 11.3 Å². The molecule has 1 fully saturated rings. The van der Waals surface area contributed by atoms with E-state index in [9.17, 15) is 4.79 Å². The number of imidazole rings is 1. The molecule has 0 saturated heterocycles. The first kappa shape index (κ1) is 18.3. The van der Waals surface area contributed by atoms with Crippen molar-refractivity contribution < 1.29 is 4.79 Å². The van der Waals surface area contributed by atoms with Crippen molar-refractivity contribution in [2.75, 3.05) is 6.54 Å². The van der Waals surface area contributed by atoms with Crippen molar-refractivity contribution in [1.82, 2.24) is 19.4 Å². The lowest BCUT2D eigenvalue weighted by Gasteiger charge is -2.32. The van der Waals surface area contributed by atoms with E-state index in [0.29, 0.717) is 24.9 Å². The van der Waals surface area contributed by atoms with Crippen LogP contribution < -0.4 is 5.73 Å². The van der Waals surface area contributed by atoms with Gasteiger partial charge >= 0.3 is 0 Å². The summed E-state index contributed by atoms with van der Waals surface area (Å²) in [5, 5.41) is 0.983. The van der Waals surface area contributed by atoms with E-state index >= 15 is 0 Å². The molecule has 2 aromatic rings. The molecule has 7 heteroatoms. The topological polar surface area (TPSA) is 77.0 Å². The summed E-state index contributed by atoms with van der Waals surface area (Å²) in [5.41, 5.74) is 8.05. The minimum absolute atomic E-state index is 0.0811.